The number of pyridine rings is 2. The van der Waals surface area contributed by atoms with E-state index in [9.17, 15) is 14.7 Å². The Morgan fingerprint density at radius 2 is 1.96 bits per heavy atom. The minimum Gasteiger partial charge on any atom is -0.477 e. The van der Waals surface area contributed by atoms with Crippen molar-refractivity contribution in [2.75, 3.05) is 5.75 Å². The summed E-state index contributed by atoms with van der Waals surface area (Å²) in [6.07, 6.45) is 1.49. The van der Waals surface area contributed by atoms with Crippen LogP contribution in [0.15, 0.2) is 40.2 Å². The normalized spacial score (nSPS) is 16.0. The lowest BCUT2D eigenvalue weighted by Gasteiger charge is -2.27. The summed E-state index contributed by atoms with van der Waals surface area (Å²) in [5.41, 5.74) is 4.24. The zero-order chi connectivity index (χ0) is 18.6. The van der Waals surface area contributed by atoms with E-state index in [1.807, 2.05) is 43.5 Å². The van der Waals surface area contributed by atoms with Crippen LogP contribution in [0.1, 0.15) is 34.7 Å². The van der Waals surface area contributed by atoms with Gasteiger partial charge in [0.25, 0.3) is 0 Å². The van der Waals surface area contributed by atoms with Crippen LogP contribution in [0.25, 0.3) is 22.0 Å². The van der Waals surface area contributed by atoms with Crippen molar-refractivity contribution in [2.24, 2.45) is 0 Å². The maximum absolute atomic E-state index is 12.7. The van der Waals surface area contributed by atoms with E-state index in [1.54, 1.807) is 17.8 Å². The molecule has 0 aliphatic carbocycles. The summed E-state index contributed by atoms with van der Waals surface area (Å²) in [6.45, 7) is 5.97. The molecule has 132 valence electrons. The molecule has 0 unspecified atom stereocenters. The number of benzene rings is 1. The van der Waals surface area contributed by atoms with Gasteiger partial charge >= 0.3 is 5.97 Å². The lowest BCUT2D eigenvalue weighted by Crippen LogP contribution is -2.23. The number of carboxylic acid groups (broad SMARTS) is 1. The molecule has 3 aromatic rings. The largest absolute Gasteiger partial charge is 0.477 e. The molecule has 4 rings (SSSR count). The Kier molecular flexibility index (Phi) is 3.88. The van der Waals surface area contributed by atoms with Crippen LogP contribution in [0, 0.1) is 13.8 Å². The highest BCUT2D eigenvalue weighted by Gasteiger charge is 2.25. The highest BCUT2D eigenvalue weighted by atomic mass is 32.2. The van der Waals surface area contributed by atoms with Gasteiger partial charge in [-0.1, -0.05) is 6.07 Å². The Bertz CT molecular complexity index is 1110. The molecule has 0 fully saturated rings. The van der Waals surface area contributed by atoms with Crippen molar-refractivity contribution in [2.45, 2.75) is 31.7 Å². The summed E-state index contributed by atoms with van der Waals surface area (Å²) in [7, 11) is 0. The minimum absolute atomic E-state index is 0.116. The average molecular weight is 366 g/mol. The molecule has 3 heterocycles. The topological polar surface area (TPSA) is 72.2 Å². The van der Waals surface area contributed by atoms with E-state index in [1.165, 1.54) is 6.20 Å². The van der Waals surface area contributed by atoms with Crippen molar-refractivity contribution >= 4 is 28.6 Å². The maximum atomic E-state index is 12.7. The summed E-state index contributed by atoms with van der Waals surface area (Å²) in [6, 6.07) is 7.87. The number of carbonyl (C=O) groups is 1. The van der Waals surface area contributed by atoms with E-state index >= 15 is 0 Å². The molecule has 0 amide bonds. The Balaban J connectivity index is 2.10. The lowest BCUT2D eigenvalue weighted by atomic mass is 10.0. The second-order valence-corrected chi connectivity index (χ2v) is 7.75. The standard InChI is InChI=1S/C20H18N2O3S/c1-10-6-13(7-11(2)21-10)14-4-5-15-17-19(14)26-9-12(3)22(17)8-16(18(15)23)20(24)25/h4-8,12H,9H2,1-3H3,(H,24,25)/t12-/m0/s1. The summed E-state index contributed by atoms with van der Waals surface area (Å²) in [5, 5.41) is 9.85. The van der Waals surface area contributed by atoms with Gasteiger partial charge < -0.3 is 9.67 Å². The van der Waals surface area contributed by atoms with Crippen molar-refractivity contribution in [3.8, 4) is 11.1 Å². The molecular formula is C20H18N2O3S. The Morgan fingerprint density at radius 1 is 1.27 bits per heavy atom. The first kappa shape index (κ1) is 16.8. The van der Waals surface area contributed by atoms with Crippen LogP contribution in [0.5, 0.6) is 0 Å². The molecule has 6 heteroatoms. The molecule has 1 aromatic carbocycles. The molecule has 1 aliphatic rings. The highest BCUT2D eigenvalue weighted by Crippen LogP contribution is 2.42. The molecule has 26 heavy (non-hydrogen) atoms. The van der Waals surface area contributed by atoms with Gasteiger partial charge in [-0.2, -0.15) is 0 Å². The molecule has 0 bridgehead atoms. The molecule has 1 N–H and O–H groups in total. The third-order valence-corrected chi connectivity index (χ3v) is 6.06. The average Bonchev–Trinajstić information content (AvgIpc) is 2.58. The fourth-order valence-corrected chi connectivity index (χ4v) is 4.83. The SMILES string of the molecule is Cc1cc(-c2ccc3c(=O)c(C(=O)O)cn4c3c2SC[C@@H]4C)cc(C)n1. The molecule has 1 aliphatic heterocycles. The van der Waals surface area contributed by atoms with Crippen LogP contribution in [0.3, 0.4) is 0 Å². The molecule has 1 atom stereocenters. The number of aryl methyl sites for hydroxylation is 2. The number of hydrogen-bond donors (Lipinski definition) is 1. The minimum atomic E-state index is -1.18. The van der Waals surface area contributed by atoms with Gasteiger partial charge in [0.15, 0.2) is 0 Å². The fourth-order valence-electron chi connectivity index (χ4n) is 3.57. The first-order valence-corrected chi connectivity index (χ1v) is 9.39. The molecule has 0 saturated heterocycles. The van der Waals surface area contributed by atoms with Crippen molar-refractivity contribution in [1.82, 2.24) is 9.55 Å². The van der Waals surface area contributed by atoms with Gasteiger partial charge in [-0.05, 0) is 50.1 Å². The zero-order valence-electron chi connectivity index (χ0n) is 14.7. The number of aromatic nitrogens is 2. The Hall–Kier alpha value is -2.60. The summed E-state index contributed by atoms with van der Waals surface area (Å²) in [5.74, 6) is -0.360. The summed E-state index contributed by atoms with van der Waals surface area (Å²) < 4.78 is 1.94. The molecular weight excluding hydrogens is 348 g/mol. The van der Waals surface area contributed by atoms with Gasteiger partial charge in [0.2, 0.25) is 5.43 Å². The van der Waals surface area contributed by atoms with Crippen molar-refractivity contribution in [3.05, 3.63) is 57.6 Å². The van der Waals surface area contributed by atoms with Crippen molar-refractivity contribution in [3.63, 3.8) is 0 Å². The quantitative estimate of drug-likeness (QED) is 0.741. The van der Waals surface area contributed by atoms with Gasteiger partial charge in [0, 0.05) is 39.7 Å². The summed E-state index contributed by atoms with van der Waals surface area (Å²) >= 11 is 1.72. The van der Waals surface area contributed by atoms with Gasteiger partial charge in [-0.3, -0.25) is 9.78 Å². The third-order valence-electron chi connectivity index (χ3n) is 4.71. The molecule has 0 saturated carbocycles. The van der Waals surface area contributed by atoms with E-state index < -0.39 is 11.4 Å². The van der Waals surface area contributed by atoms with E-state index in [2.05, 4.69) is 4.98 Å². The van der Waals surface area contributed by atoms with Crippen LogP contribution in [0.2, 0.25) is 0 Å². The second kappa shape index (κ2) is 5.99. The highest BCUT2D eigenvalue weighted by molar-refractivity contribution is 7.99. The van der Waals surface area contributed by atoms with Gasteiger partial charge in [0.1, 0.15) is 5.56 Å². The monoisotopic (exact) mass is 366 g/mol. The third kappa shape index (κ3) is 2.52. The van der Waals surface area contributed by atoms with Crippen LogP contribution in [-0.4, -0.2) is 26.4 Å². The predicted molar refractivity (Wildman–Crippen MR) is 103 cm³/mol. The van der Waals surface area contributed by atoms with E-state index in [4.69, 9.17) is 0 Å². The van der Waals surface area contributed by atoms with Crippen LogP contribution >= 0.6 is 11.8 Å². The Morgan fingerprint density at radius 3 is 2.62 bits per heavy atom. The number of aromatic carboxylic acids is 1. The molecule has 2 aromatic heterocycles. The van der Waals surface area contributed by atoms with Gasteiger partial charge in [-0.15, -0.1) is 11.8 Å². The smallest absolute Gasteiger partial charge is 0.341 e. The number of carboxylic acids is 1. The zero-order valence-corrected chi connectivity index (χ0v) is 15.6. The van der Waals surface area contributed by atoms with Crippen molar-refractivity contribution in [1.29, 1.82) is 0 Å². The van der Waals surface area contributed by atoms with E-state index in [-0.39, 0.29) is 11.6 Å². The number of hydrogen-bond acceptors (Lipinski definition) is 4. The maximum Gasteiger partial charge on any atom is 0.341 e. The number of thioether (sulfide) groups is 1. The molecule has 0 radical (unpaired) electrons. The molecule has 5 nitrogen and oxygen atoms in total. The van der Waals surface area contributed by atoms with E-state index in [0.717, 1.165) is 38.7 Å². The van der Waals surface area contributed by atoms with Gasteiger partial charge in [-0.25, -0.2) is 4.79 Å². The fraction of sp³-hybridized carbons (Fsp3) is 0.250. The lowest BCUT2D eigenvalue weighted by molar-refractivity contribution is 0.0694. The van der Waals surface area contributed by atoms with E-state index in [0.29, 0.717) is 5.39 Å². The predicted octanol–water partition coefficient (Wildman–Crippen LogP) is 4.05. The van der Waals surface area contributed by atoms with Crippen LogP contribution in [0.4, 0.5) is 0 Å². The number of rotatable bonds is 2. The van der Waals surface area contributed by atoms with Crippen LogP contribution in [-0.2, 0) is 0 Å². The summed E-state index contributed by atoms with van der Waals surface area (Å²) in [4.78, 5) is 29.6. The number of nitrogens with zero attached hydrogens (tertiary/aromatic N) is 2. The first-order chi connectivity index (χ1) is 12.4. The first-order valence-electron chi connectivity index (χ1n) is 8.40. The Labute approximate surface area is 154 Å². The second-order valence-electron chi connectivity index (χ2n) is 6.72. The van der Waals surface area contributed by atoms with Crippen molar-refractivity contribution < 1.29 is 9.90 Å². The molecule has 0 spiro atoms. The van der Waals surface area contributed by atoms with Crippen LogP contribution < -0.4 is 5.43 Å². The van der Waals surface area contributed by atoms with Gasteiger partial charge in [0.05, 0.1) is 5.52 Å².